The molecule has 44 heavy (non-hydrogen) atoms. The number of ketones is 3. The van der Waals surface area contributed by atoms with Crippen LogP contribution in [0.25, 0.3) is 0 Å². The van der Waals surface area contributed by atoms with E-state index in [4.69, 9.17) is 9.57 Å². The standard InChI is InChI=1S/C36H54FNO6/c1-22(2)18-26(12-15-32(39)23(3)4)10-9-11-29-33(40)16-13-27(19-30(36(29)42)25(7)38-44-24(5)6)20-34(41)31-21-28(37)14-17-35(31)43-8/h14,17,19,21-24,26-27,29,34,41H,9-13,15-16,18,20H2,1-8H3/b30-19-,38-25+/t26-,27?,29?,34?/m0/s1. The van der Waals surface area contributed by atoms with Gasteiger partial charge in [0.15, 0.2) is 5.78 Å². The van der Waals surface area contributed by atoms with Gasteiger partial charge in [0.05, 0.1) is 24.8 Å². The molecule has 2 rings (SSSR count). The van der Waals surface area contributed by atoms with Gasteiger partial charge in [-0.1, -0.05) is 51.8 Å². The van der Waals surface area contributed by atoms with Crippen LogP contribution in [-0.2, 0) is 19.2 Å². The summed E-state index contributed by atoms with van der Waals surface area (Å²) in [5, 5.41) is 15.3. The molecule has 1 N–H and O–H groups in total. The number of hydrogen-bond donors (Lipinski definition) is 1. The van der Waals surface area contributed by atoms with Gasteiger partial charge in [-0.15, -0.1) is 0 Å². The lowest BCUT2D eigenvalue weighted by molar-refractivity contribution is -0.131. The number of methoxy groups -OCH3 is 1. The number of benzene rings is 1. The number of rotatable bonds is 17. The molecule has 1 aromatic rings. The number of halogens is 1. The molecule has 0 bridgehead atoms. The first-order valence-electron chi connectivity index (χ1n) is 16.3. The SMILES string of the molecule is COc1ccc(F)cc1C(O)CC1/C=C(/C(C)=N/OC(C)C)C(=O)C(CCC[C@@H](CCC(=O)C(C)C)CC(C)C)C(=O)CC1. The molecule has 3 unspecified atom stereocenters. The van der Waals surface area contributed by atoms with Crippen LogP contribution in [0, 0.1) is 35.4 Å². The fourth-order valence-electron chi connectivity index (χ4n) is 5.92. The summed E-state index contributed by atoms with van der Waals surface area (Å²) in [6.45, 7) is 13.6. The molecule has 1 aliphatic rings. The summed E-state index contributed by atoms with van der Waals surface area (Å²) in [6.07, 6.45) is 5.76. The molecule has 0 saturated carbocycles. The van der Waals surface area contributed by atoms with Crippen molar-refractivity contribution in [2.24, 2.45) is 34.7 Å². The summed E-state index contributed by atoms with van der Waals surface area (Å²) >= 11 is 0. The second kappa shape index (κ2) is 18.2. The van der Waals surface area contributed by atoms with E-state index < -0.39 is 17.8 Å². The van der Waals surface area contributed by atoms with Crippen molar-refractivity contribution in [1.29, 1.82) is 0 Å². The Morgan fingerprint density at radius 1 is 1.11 bits per heavy atom. The van der Waals surface area contributed by atoms with Gasteiger partial charge in [0.2, 0.25) is 0 Å². The molecule has 1 aromatic carbocycles. The normalized spacial score (nSPS) is 20.8. The topological polar surface area (TPSA) is 102 Å². The highest BCUT2D eigenvalue weighted by Crippen LogP contribution is 2.35. The van der Waals surface area contributed by atoms with Gasteiger partial charge in [-0.05, 0) is 88.8 Å². The summed E-state index contributed by atoms with van der Waals surface area (Å²) in [4.78, 5) is 45.2. The molecule has 0 heterocycles. The van der Waals surface area contributed by atoms with Crippen LogP contribution in [0.4, 0.5) is 4.39 Å². The van der Waals surface area contributed by atoms with E-state index in [0.29, 0.717) is 60.1 Å². The second-order valence-corrected chi connectivity index (χ2v) is 13.3. The lowest BCUT2D eigenvalue weighted by Gasteiger charge is -2.25. The van der Waals surface area contributed by atoms with E-state index >= 15 is 0 Å². The second-order valence-electron chi connectivity index (χ2n) is 13.3. The zero-order valence-electron chi connectivity index (χ0n) is 28.0. The maximum absolute atomic E-state index is 14.0. The molecular formula is C36H54FNO6. The van der Waals surface area contributed by atoms with E-state index in [-0.39, 0.29) is 48.1 Å². The molecule has 246 valence electrons. The van der Waals surface area contributed by atoms with Crippen LogP contribution in [0.3, 0.4) is 0 Å². The Balaban J connectivity index is 2.29. The number of hydrogen-bond acceptors (Lipinski definition) is 7. The summed E-state index contributed by atoms with van der Waals surface area (Å²) in [7, 11) is 1.46. The predicted octanol–water partition coefficient (Wildman–Crippen LogP) is 7.99. The third-order valence-electron chi connectivity index (χ3n) is 8.35. The summed E-state index contributed by atoms with van der Waals surface area (Å²) < 4.78 is 19.3. The van der Waals surface area contributed by atoms with Crippen molar-refractivity contribution in [2.75, 3.05) is 7.11 Å². The Hall–Kier alpha value is -2.87. The number of aliphatic hydroxyl groups is 1. The van der Waals surface area contributed by atoms with E-state index in [9.17, 15) is 23.9 Å². The average Bonchev–Trinajstić information content (AvgIpc) is 2.96. The molecule has 0 saturated heterocycles. The Morgan fingerprint density at radius 2 is 1.82 bits per heavy atom. The van der Waals surface area contributed by atoms with Gasteiger partial charge in [0.25, 0.3) is 0 Å². The van der Waals surface area contributed by atoms with E-state index in [1.54, 1.807) is 13.0 Å². The maximum atomic E-state index is 14.0. The average molecular weight is 616 g/mol. The monoisotopic (exact) mass is 615 g/mol. The number of carbonyl (C=O) groups is 3. The lowest BCUT2D eigenvalue weighted by atomic mass is 9.78. The predicted molar refractivity (Wildman–Crippen MR) is 172 cm³/mol. The van der Waals surface area contributed by atoms with Crippen molar-refractivity contribution in [3.05, 3.63) is 41.2 Å². The molecule has 0 fully saturated rings. The highest BCUT2D eigenvalue weighted by molar-refractivity contribution is 6.26. The first-order chi connectivity index (χ1) is 20.7. The Labute approximate surface area is 263 Å². The molecule has 0 radical (unpaired) electrons. The van der Waals surface area contributed by atoms with E-state index in [2.05, 4.69) is 19.0 Å². The van der Waals surface area contributed by atoms with Gasteiger partial charge >= 0.3 is 0 Å². The van der Waals surface area contributed by atoms with E-state index in [0.717, 1.165) is 19.3 Å². The first kappa shape index (κ1) is 37.3. The maximum Gasteiger partial charge on any atom is 0.174 e. The van der Waals surface area contributed by atoms with Gasteiger partial charge in [0.1, 0.15) is 29.2 Å². The van der Waals surface area contributed by atoms with Crippen LogP contribution in [0.15, 0.2) is 35.0 Å². The third-order valence-corrected chi connectivity index (χ3v) is 8.35. The van der Waals surface area contributed by atoms with Crippen molar-refractivity contribution < 1.29 is 33.5 Å². The quantitative estimate of drug-likeness (QED) is 0.108. The van der Waals surface area contributed by atoms with Crippen LogP contribution in [-0.4, -0.2) is 41.4 Å². The molecule has 0 spiro atoms. The Bertz CT molecular complexity index is 1170. The number of aliphatic hydroxyl groups excluding tert-OH is 1. The first-order valence-corrected chi connectivity index (χ1v) is 16.3. The van der Waals surface area contributed by atoms with E-state index in [1.165, 1.54) is 25.3 Å². The number of oxime groups is 1. The van der Waals surface area contributed by atoms with Crippen molar-refractivity contribution in [3.63, 3.8) is 0 Å². The number of Topliss-reactive ketones (excluding diaryl/α,β-unsaturated/α-hetero) is 3. The highest BCUT2D eigenvalue weighted by atomic mass is 19.1. The summed E-state index contributed by atoms with van der Waals surface area (Å²) in [6, 6.07) is 3.99. The smallest absolute Gasteiger partial charge is 0.174 e. The zero-order valence-corrected chi connectivity index (χ0v) is 28.0. The summed E-state index contributed by atoms with van der Waals surface area (Å²) in [5.41, 5.74) is 1.03. The van der Waals surface area contributed by atoms with Crippen molar-refractivity contribution in [1.82, 2.24) is 0 Å². The van der Waals surface area contributed by atoms with Crippen LogP contribution in [0.2, 0.25) is 0 Å². The minimum absolute atomic E-state index is 0.0236. The Morgan fingerprint density at radius 3 is 2.43 bits per heavy atom. The van der Waals surface area contributed by atoms with E-state index in [1.807, 2.05) is 27.7 Å². The fourth-order valence-corrected chi connectivity index (χ4v) is 5.92. The highest BCUT2D eigenvalue weighted by Gasteiger charge is 2.33. The molecule has 1 aliphatic carbocycles. The Kier molecular flexibility index (Phi) is 15.4. The summed E-state index contributed by atoms with van der Waals surface area (Å²) in [5.74, 6) is -0.475. The molecule has 0 aliphatic heterocycles. The zero-order chi connectivity index (χ0) is 33.0. The lowest BCUT2D eigenvalue weighted by Crippen LogP contribution is -2.31. The van der Waals surface area contributed by atoms with Crippen LogP contribution < -0.4 is 4.74 Å². The van der Waals surface area contributed by atoms with Crippen molar-refractivity contribution in [3.8, 4) is 5.75 Å². The molecular weight excluding hydrogens is 561 g/mol. The molecule has 8 heteroatoms. The van der Waals surface area contributed by atoms with Gasteiger partial charge in [-0.3, -0.25) is 14.4 Å². The van der Waals surface area contributed by atoms with Crippen LogP contribution >= 0.6 is 0 Å². The minimum Gasteiger partial charge on any atom is -0.496 e. The third kappa shape index (κ3) is 11.9. The molecule has 0 amide bonds. The van der Waals surface area contributed by atoms with Crippen molar-refractivity contribution >= 4 is 23.1 Å². The molecule has 0 aromatic heterocycles. The van der Waals surface area contributed by atoms with Gasteiger partial charge < -0.3 is 14.7 Å². The molecule has 4 atom stereocenters. The minimum atomic E-state index is -1.06. The van der Waals surface area contributed by atoms with Crippen LogP contribution in [0.1, 0.15) is 118 Å². The largest absolute Gasteiger partial charge is 0.496 e. The van der Waals surface area contributed by atoms with Gasteiger partial charge in [0, 0.05) is 29.9 Å². The number of ether oxygens (including phenoxy) is 1. The van der Waals surface area contributed by atoms with Gasteiger partial charge in [-0.2, -0.15) is 0 Å². The van der Waals surface area contributed by atoms with Crippen molar-refractivity contribution in [2.45, 2.75) is 118 Å². The fraction of sp³-hybridized carbons (Fsp3) is 0.667. The van der Waals surface area contributed by atoms with Crippen LogP contribution in [0.5, 0.6) is 5.75 Å². The number of nitrogens with zero attached hydrogens (tertiary/aromatic N) is 1. The number of carbonyl (C=O) groups excluding carboxylic acids is 3. The van der Waals surface area contributed by atoms with Gasteiger partial charge in [-0.25, -0.2) is 4.39 Å². The molecule has 7 nitrogen and oxygen atoms in total. The number of allylic oxidation sites excluding steroid dienone is 2.